The topological polar surface area (TPSA) is 80.6 Å². The molecule has 2 aromatic carbocycles. The number of fused-ring (bicyclic) bond motifs is 1. The van der Waals surface area contributed by atoms with Crippen LogP contribution in [0.15, 0.2) is 59.6 Å². The van der Waals surface area contributed by atoms with Crippen molar-refractivity contribution < 1.29 is 17.9 Å². The molecule has 0 spiro atoms. The Morgan fingerprint density at radius 3 is 2.66 bits per heavy atom. The first-order chi connectivity index (χ1) is 15.4. The summed E-state index contributed by atoms with van der Waals surface area (Å²) < 4.78 is 35.3. The van der Waals surface area contributed by atoms with Crippen molar-refractivity contribution in [2.24, 2.45) is 5.92 Å². The van der Waals surface area contributed by atoms with Crippen molar-refractivity contribution in [3.8, 4) is 5.75 Å². The molecule has 7 nitrogen and oxygen atoms in total. The first kappa shape index (κ1) is 22.4. The normalized spacial score (nSPS) is 17.4. The van der Waals surface area contributed by atoms with Gasteiger partial charge in [-0.25, -0.2) is 8.42 Å². The predicted molar refractivity (Wildman–Crippen MR) is 124 cm³/mol. The Kier molecular flexibility index (Phi) is 6.53. The van der Waals surface area contributed by atoms with Crippen LogP contribution in [0.2, 0.25) is 0 Å². The van der Waals surface area contributed by atoms with Crippen LogP contribution in [0, 0.1) is 5.92 Å². The van der Waals surface area contributed by atoms with Gasteiger partial charge in [-0.2, -0.15) is 4.31 Å². The Labute approximate surface area is 189 Å². The molecule has 3 aromatic rings. The zero-order chi connectivity index (χ0) is 22.7. The van der Waals surface area contributed by atoms with Crippen molar-refractivity contribution in [1.82, 2.24) is 14.2 Å². The second-order valence-corrected chi connectivity index (χ2v) is 10.0. The molecular weight excluding hydrogens is 426 g/mol. The number of carbonyl (C=O) groups excluding carboxylic acids is 1. The molecule has 2 heterocycles. The fourth-order valence-electron chi connectivity index (χ4n) is 4.22. The number of piperidine rings is 1. The van der Waals surface area contributed by atoms with E-state index in [9.17, 15) is 13.2 Å². The summed E-state index contributed by atoms with van der Waals surface area (Å²) in [6.45, 7) is 3.91. The van der Waals surface area contributed by atoms with Crippen LogP contribution in [0.25, 0.3) is 10.9 Å². The third-order valence-electron chi connectivity index (χ3n) is 6.10. The van der Waals surface area contributed by atoms with Gasteiger partial charge in [-0.1, -0.05) is 12.1 Å². The molecule has 0 aliphatic carbocycles. The Balaban J connectivity index is 1.43. The van der Waals surface area contributed by atoms with E-state index < -0.39 is 10.0 Å². The number of nitrogens with one attached hydrogen (secondary N) is 1. The number of amides is 1. The molecular formula is C24H29N3O4S. The molecule has 1 aliphatic heterocycles. The molecule has 1 atom stereocenters. The number of aryl methyl sites for hydroxylation is 1. The molecule has 8 heteroatoms. The van der Waals surface area contributed by atoms with Crippen molar-refractivity contribution in [1.29, 1.82) is 0 Å². The minimum Gasteiger partial charge on any atom is -0.497 e. The molecule has 170 valence electrons. The summed E-state index contributed by atoms with van der Waals surface area (Å²) in [5.74, 6) is 0.288. The van der Waals surface area contributed by atoms with Crippen molar-refractivity contribution in [2.45, 2.75) is 37.8 Å². The highest BCUT2D eigenvalue weighted by Crippen LogP contribution is 2.27. The highest BCUT2D eigenvalue weighted by molar-refractivity contribution is 7.89. The Bertz CT molecular complexity index is 1200. The summed E-state index contributed by atoms with van der Waals surface area (Å²) in [6.07, 6.45) is 3.30. The number of sulfonamides is 1. The molecule has 0 radical (unpaired) electrons. The standard InChI is InChI=1S/C24H29N3O4S/c1-3-26-14-12-19-15-22(10-11-23(19)26)32(29,30)27-13-4-5-20(17-27)24(28)25-16-18-6-8-21(31-2)9-7-18/h6-12,14-15,20H,3-5,13,16-17H2,1-2H3,(H,25,28). The zero-order valence-electron chi connectivity index (χ0n) is 18.5. The van der Waals surface area contributed by atoms with Gasteiger partial charge in [-0.05, 0) is 61.7 Å². The third kappa shape index (κ3) is 4.52. The van der Waals surface area contributed by atoms with Crippen LogP contribution < -0.4 is 10.1 Å². The number of methoxy groups -OCH3 is 1. The van der Waals surface area contributed by atoms with E-state index in [-0.39, 0.29) is 23.3 Å². The van der Waals surface area contributed by atoms with Crippen LogP contribution in [0.4, 0.5) is 0 Å². The number of nitrogens with zero attached hydrogens (tertiary/aromatic N) is 2. The fourth-order valence-corrected chi connectivity index (χ4v) is 5.77. The van der Waals surface area contributed by atoms with E-state index in [4.69, 9.17) is 4.74 Å². The number of benzene rings is 2. The molecule has 1 N–H and O–H groups in total. The summed E-state index contributed by atoms with van der Waals surface area (Å²) >= 11 is 0. The van der Waals surface area contributed by atoms with Gasteiger partial charge in [0, 0.05) is 43.3 Å². The van der Waals surface area contributed by atoms with Gasteiger partial charge in [0.25, 0.3) is 0 Å². The third-order valence-corrected chi connectivity index (χ3v) is 7.96. The minimum absolute atomic E-state index is 0.115. The van der Waals surface area contributed by atoms with Gasteiger partial charge in [0.1, 0.15) is 5.75 Å². The second-order valence-electron chi connectivity index (χ2n) is 8.09. The molecule has 1 aromatic heterocycles. The van der Waals surface area contributed by atoms with E-state index in [2.05, 4.69) is 16.8 Å². The van der Waals surface area contributed by atoms with Crippen molar-refractivity contribution in [2.75, 3.05) is 20.2 Å². The molecule has 0 bridgehead atoms. The smallest absolute Gasteiger partial charge is 0.243 e. The number of rotatable bonds is 7. The van der Waals surface area contributed by atoms with Gasteiger partial charge in [0.15, 0.2) is 0 Å². The van der Waals surface area contributed by atoms with E-state index in [1.807, 2.05) is 42.6 Å². The predicted octanol–water partition coefficient (Wildman–Crippen LogP) is 3.39. The second kappa shape index (κ2) is 9.34. The minimum atomic E-state index is -3.66. The van der Waals surface area contributed by atoms with Crippen LogP contribution in [-0.4, -0.2) is 43.4 Å². The Morgan fingerprint density at radius 1 is 1.16 bits per heavy atom. The highest BCUT2D eigenvalue weighted by Gasteiger charge is 2.33. The van der Waals surface area contributed by atoms with E-state index in [1.54, 1.807) is 19.2 Å². The van der Waals surface area contributed by atoms with Gasteiger partial charge in [-0.3, -0.25) is 4.79 Å². The maximum Gasteiger partial charge on any atom is 0.243 e. The highest BCUT2D eigenvalue weighted by atomic mass is 32.2. The summed E-state index contributed by atoms with van der Waals surface area (Å²) in [5.41, 5.74) is 1.98. The summed E-state index contributed by atoms with van der Waals surface area (Å²) in [7, 11) is -2.05. The molecule has 1 amide bonds. The monoisotopic (exact) mass is 455 g/mol. The van der Waals surface area contributed by atoms with Crippen molar-refractivity contribution in [3.63, 3.8) is 0 Å². The van der Waals surface area contributed by atoms with Crippen LogP contribution in [0.5, 0.6) is 5.75 Å². The van der Waals surface area contributed by atoms with Crippen molar-refractivity contribution in [3.05, 3.63) is 60.3 Å². The maximum atomic E-state index is 13.3. The maximum absolute atomic E-state index is 13.3. The molecule has 1 unspecified atom stereocenters. The number of carbonyl (C=O) groups is 1. The number of aromatic nitrogens is 1. The fraction of sp³-hybridized carbons (Fsp3) is 0.375. The van der Waals surface area contributed by atoms with Crippen LogP contribution in [0.3, 0.4) is 0 Å². The van der Waals surface area contributed by atoms with Gasteiger partial charge in [0.05, 0.1) is 17.9 Å². The Hall–Kier alpha value is -2.84. The van der Waals surface area contributed by atoms with Gasteiger partial charge < -0.3 is 14.6 Å². The van der Waals surface area contributed by atoms with Crippen LogP contribution in [0.1, 0.15) is 25.3 Å². The average Bonchev–Trinajstić information content (AvgIpc) is 3.25. The van der Waals surface area contributed by atoms with Crippen LogP contribution in [-0.2, 0) is 27.9 Å². The lowest BCUT2D eigenvalue weighted by molar-refractivity contribution is -0.126. The number of hydrogen-bond donors (Lipinski definition) is 1. The molecule has 1 saturated heterocycles. The summed E-state index contributed by atoms with van der Waals surface area (Å²) in [6, 6.07) is 14.7. The van der Waals surface area contributed by atoms with E-state index in [0.29, 0.717) is 25.9 Å². The lowest BCUT2D eigenvalue weighted by Gasteiger charge is -2.31. The molecule has 4 rings (SSSR count). The molecule has 1 fully saturated rings. The quantitative estimate of drug-likeness (QED) is 0.592. The molecule has 32 heavy (non-hydrogen) atoms. The van der Waals surface area contributed by atoms with Gasteiger partial charge >= 0.3 is 0 Å². The van der Waals surface area contributed by atoms with Gasteiger partial charge in [0.2, 0.25) is 15.9 Å². The first-order valence-corrected chi connectivity index (χ1v) is 12.4. The largest absolute Gasteiger partial charge is 0.497 e. The number of ether oxygens (including phenoxy) is 1. The lowest BCUT2D eigenvalue weighted by Crippen LogP contribution is -2.45. The SMILES string of the molecule is CCn1ccc2cc(S(=O)(=O)N3CCCC(C(=O)NCc4ccc(OC)cc4)C3)ccc21. The summed E-state index contributed by atoms with van der Waals surface area (Å²) in [4.78, 5) is 13.0. The summed E-state index contributed by atoms with van der Waals surface area (Å²) in [5, 5.41) is 3.85. The van der Waals surface area contributed by atoms with Crippen LogP contribution >= 0.6 is 0 Å². The van der Waals surface area contributed by atoms with E-state index in [0.717, 1.165) is 28.8 Å². The average molecular weight is 456 g/mol. The van der Waals surface area contributed by atoms with E-state index >= 15 is 0 Å². The van der Waals surface area contributed by atoms with Gasteiger partial charge in [-0.15, -0.1) is 0 Å². The molecule has 1 aliphatic rings. The Morgan fingerprint density at radius 2 is 1.94 bits per heavy atom. The first-order valence-electron chi connectivity index (χ1n) is 10.9. The lowest BCUT2D eigenvalue weighted by atomic mass is 9.99. The molecule has 0 saturated carbocycles. The zero-order valence-corrected chi connectivity index (χ0v) is 19.3. The van der Waals surface area contributed by atoms with Crippen molar-refractivity contribution >= 4 is 26.8 Å². The van der Waals surface area contributed by atoms with E-state index in [1.165, 1.54) is 4.31 Å². The number of hydrogen-bond acceptors (Lipinski definition) is 4.